The van der Waals surface area contributed by atoms with E-state index in [1.165, 1.54) is 22.3 Å². The number of carbonyl (C=O) groups excluding carboxylic acids is 1. The Morgan fingerprint density at radius 2 is 1.95 bits per heavy atom. The van der Waals surface area contributed by atoms with Gasteiger partial charge in [0.15, 0.2) is 11.6 Å². The van der Waals surface area contributed by atoms with Gasteiger partial charge in [0.05, 0.1) is 18.3 Å². The van der Waals surface area contributed by atoms with Gasteiger partial charge in [0.1, 0.15) is 10.8 Å². The summed E-state index contributed by atoms with van der Waals surface area (Å²) < 4.78 is 0. The maximum Gasteiger partial charge on any atom is 0.240 e. The van der Waals surface area contributed by atoms with Crippen molar-refractivity contribution in [1.82, 2.24) is 30.0 Å². The van der Waals surface area contributed by atoms with Crippen LogP contribution in [-0.4, -0.2) is 79.8 Å². The number of H-pyrrole nitrogens is 1. The van der Waals surface area contributed by atoms with Gasteiger partial charge < -0.3 is 15.3 Å². The number of nitrogens with zero attached hydrogens (tertiary/aromatic N) is 5. The number of hydrogen-bond acceptors (Lipinski definition) is 7. The second-order valence-corrected chi connectivity index (χ2v) is 11.2. The van der Waals surface area contributed by atoms with E-state index < -0.39 is 6.10 Å². The van der Waals surface area contributed by atoms with Gasteiger partial charge in [-0.15, -0.1) is 0 Å². The van der Waals surface area contributed by atoms with Crippen LogP contribution >= 0.6 is 11.6 Å². The molecular weight excluding hydrogens is 502 g/mol. The summed E-state index contributed by atoms with van der Waals surface area (Å²) in [6.07, 6.45) is 4.26. The molecule has 9 nitrogen and oxygen atoms in total. The van der Waals surface area contributed by atoms with Gasteiger partial charge in [0.25, 0.3) is 0 Å². The number of aliphatic hydroxyl groups excluding tert-OH is 1. The van der Waals surface area contributed by atoms with E-state index in [-0.39, 0.29) is 11.9 Å². The zero-order valence-corrected chi connectivity index (χ0v) is 23.2. The maximum atomic E-state index is 13.0. The average molecular weight is 538 g/mol. The predicted molar refractivity (Wildman–Crippen MR) is 148 cm³/mol. The van der Waals surface area contributed by atoms with Gasteiger partial charge in [0.2, 0.25) is 5.91 Å². The molecule has 1 aromatic carbocycles. The Hall–Kier alpha value is -3.01. The van der Waals surface area contributed by atoms with Crippen molar-refractivity contribution in [3.05, 3.63) is 63.2 Å². The first-order chi connectivity index (χ1) is 18.2. The highest BCUT2D eigenvalue weighted by molar-refractivity contribution is 6.32. The fourth-order valence-corrected chi connectivity index (χ4v) is 5.90. The number of anilines is 2. The summed E-state index contributed by atoms with van der Waals surface area (Å²) in [6.45, 7) is 8.33. The van der Waals surface area contributed by atoms with Crippen molar-refractivity contribution in [3.8, 4) is 0 Å². The summed E-state index contributed by atoms with van der Waals surface area (Å²) in [5.74, 6) is 2.47. The van der Waals surface area contributed by atoms with E-state index in [1.54, 1.807) is 6.20 Å². The smallest absolute Gasteiger partial charge is 0.240 e. The van der Waals surface area contributed by atoms with Crippen LogP contribution in [0.3, 0.4) is 0 Å². The molecule has 1 amide bonds. The molecule has 0 saturated carbocycles. The van der Waals surface area contributed by atoms with E-state index in [2.05, 4.69) is 51.5 Å². The lowest BCUT2D eigenvalue weighted by molar-refractivity contribution is -0.136. The molecule has 0 radical (unpaired) electrons. The van der Waals surface area contributed by atoms with Crippen molar-refractivity contribution in [2.75, 3.05) is 32.0 Å². The Morgan fingerprint density at radius 3 is 2.61 bits per heavy atom. The molecule has 2 saturated heterocycles. The Labute approximate surface area is 228 Å². The zero-order valence-electron chi connectivity index (χ0n) is 22.5. The van der Waals surface area contributed by atoms with E-state index >= 15 is 0 Å². The lowest BCUT2D eigenvalue weighted by atomic mass is 9.84. The molecule has 0 spiro atoms. The number of likely N-dealkylation sites (tertiary alicyclic amines) is 2. The third-order valence-electron chi connectivity index (χ3n) is 7.88. The Morgan fingerprint density at radius 1 is 1.18 bits per heavy atom. The molecule has 2 atom stereocenters. The first-order valence-electron chi connectivity index (χ1n) is 13.3. The number of rotatable bonds is 6. The molecule has 3 N–H and O–H groups in total. The highest BCUT2D eigenvalue weighted by Gasteiger charge is 2.37. The molecule has 10 heteroatoms. The molecule has 2 aliphatic rings. The number of benzene rings is 1. The van der Waals surface area contributed by atoms with Gasteiger partial charge >= 0.3 is 0 Å². The number of piperidine rings is 1. The van der Waals surface area contributed by atoms with Crippen LogP contribution < -0.4 is 5.32 Å². The number of aliphatic hydroxyl groups is 1. The molecule has 2 aromatic heterocycles. The Balaban J connectivity index is 1.25. The average Bonchev–Trinajstić information content (AvgIpc) is 3.46. The highest BCUT2D eigenvalue weighted by atomic mass is 35.5. The minimum atomic E-state index is -0.405. The summed E-state index contributed by atoms with van der Waals surface area (Å²) in [5, 5.41) is 20.6. The summed E-state index contributed by atoms with van der Waals surface area (Å²) >= 11 is 6.34. The molecule has 38 heavy (non-hydrogen) atoms. The number of aromatic nitrogens is 4. The van der Waals surface area contributed by atoms with Crippen molar-refractivity contribution in [2.24, 2.45) is 0 Å². The number of amides is 1. The molecular formula is C28H36ClN7O2. The third kappa shape index (κ3) is 5.70. The largest absolute Gasteiger partial charge is 0.392 e. The zero-order chi connectivity index (χ0) is 27.0. The Bertz CT molecular complexity index is 1320. The number of aryl methyl sites for hydroxylation is 3. The van der Waals surface area contributed by atoms with Gasteiger partial charge in [-0.1, -0.05) is 23.7 Å². The molecule has 0 unspecified atom stereocenters. The molecule has 2 aliphatic heterocycles. The number of carbonyl (C=O) groups is 1. The number of nitrogens with one attached hydrogen (secondary N) is 2. The van der Waals surface area contributed by atoms with Crippen molar-refractivity contribution in [3.63, 3.8) is 0 Å². The van der Waals surface area contributed by atoms with Gasteiger partial charge in [-0.2, -0.15) is 5.10 Å². The van der Waals surface area contributed by atoms with Crippen LogP contribution in [0, 0.1) is 20.8 Å². The van der Waals surface area contributed by atoms with Gasteiger partial charge in [-0.3, -0.25) is 14.8 Å². The summed E-state index contributed by atoms with van der Waals surface area (Å²) in [7, 11) is 1.92. The van der Waals surface area contributed by atoms with Crippen LogP contribution in [0.25, 0.3) is 0 Å². The van der Waals surface area contributed by atoms with Gasteiger partial charge in [-0.25, -0.2) is 9.97 Å². The van der Waals surface area contributed by atoms with E-state index in [1.807, 2.05) is 29.8 Å². The Kier molecular flexibility index (Phi) is 7.70. The maximum absolute atomic E-state index is 13.0. The lowest BCUT2D eigenvalue weighted by Crippen LogP contribution is -2.47. The van der Waals surface area contributed by atoms with Crippen LogP contribution in [0.5, 0.6) is 0 Å². The predicted octanol–water partition coefficient (Wildman–Crippen LogP) is 3.88. The van der Waals surface area contributed by atoms with E-state index in [0.717, 1.165) is 31.6 Å². The normalized spacial score (nSPS) is 20.7. The van der Waals surface area contributed by atoms with Crippen LogP contribution in [0.4, 0.5) is 11.6 Å². The monoisotopic (exact) mass is 537 g/mol. The first-order valence-corrected chi connectivity index (χ1v) is 13.6. The van der Waals surface area contributed by atoms with Crippen LogP contribution in [-0.2, 0) is 11.2 Å². The van der Waals surface area contributed by atoms with Crippen molar-refractivity contribution in [1.29, 1.82) is 0 Å². The number of likely N-dealkylation sites (N-methyl/N-ethyl adjacent to an activating group) is 1. The quantitative estimate of drug-likeness (QED) is 0.437. The SMILES string of the molecule is Cc1cc(Nc2nc(Cc3cc(C)c(C4CCN(C(=O)[C@H]5C[C@@H](O)CN5C)CC4)cc3C)ncc2Cl)n[nH]1. The molecule has 202 valence electrons. The second kappa shape index (κ2) is 11.0. The van der Waals surface area contributed by atoms with Crippen LogP contribution in [0.15, 0.2) is 24.4 Å². The second-order valence-electron chi connectivity index (χ2n) is 10.8. The highest BCUT2D eigenvalue weighted by Crippen LogP contribution is 2.33. The van der Waals surface area contributed by atoms with E-state index in [4.69, 9.17) is 11.6 Å². The third-order valence-corrected chi connectivity index (χ3v) is 8.15. The lowest BCUT2D eigenvalue weighted by Gasteiger charge is -2.35. The van der Waals surface area contributed by atoms with Crippen molar-refractivity contribution >= 4 is 29.1 Å². The number of hydrogen-bond donors (Lipinski definition) is 3. The minimum absolute atomic E-state index is 0.157. The van der Waals surface area contributed by atoms with Gasteiger partial charge in [0, 0.05) is 37.8 Å². The summed E-state index contributed by atoms with van der Waals surface area (Å²) in [6, 6.07) is 6.25. The van der Waals surface area contributed by atoms with Crippen molar-refractivity contribution in [2.45, 2.75) is 64.5 Å². The fourth-order valence-electron chi connectivity index (χ4n) is 5.76. The number of aromatic amines is 1. The first kappa shape index (κ1) is 26.6. The topological polar surface area (TPSA) is 110 Å². The molecule has 4 heterocycles. The number of β-amino-alcohol motifs (C(OH)–C–C–N with tert-alkyl or cyclic N) is 1. The van der Waals surface area contributed by atoms with Crippen molar-refractivity contribution < 1.29 is 9.90 Å². The molecule has 2 fully saturated rings. The minimum Gasteiger partial charge on any atom is -0.392 e. The molecule has 3 aromatic rings. The standard InChI is InChI=1S/C28H36ClN7O2/c1-16-10-22(19-5-7-36(8-6-19)28(38)24-13-21(37)15-35(24)4)17(2)9-20(16)12-25-30-14-23(29)27(31-25)32-26-11-18(3)33-34-26/h9-11,14,19,21,24,37H,5-8,12-13,15H2,1-4H3,(H2,30,31,32,33,34)/t21-,24-/m1/s1. The molecule has 0 bridgehead atoms. The number of halogens is 1. The molecule has 0 aliphatic carbocycles. The van der Waals surface area contributed by atoms with E-state index in [9.17, 15) is 9.90 Å². The van der Waals surface area contributed by atoms with E-state index in [0.29, 0.717) is 47.8 Å². The summed E-state index contributed by atoms with van der Waals surface area (Å²) in [4.78, 5) is 26.1. The fraction of sp³-hybridized carbons (Fsp3) is 0.500. The summed E-state index contributed by atoms with van der Waals surface area (Å²) in [5.41, 5.74) is 5.96. The van der Waals surface area contributed by atoms with Gasteiger partial charge in [-0.05, 0) is 75.3 Å². The molecule has 5 rings (SSSR count). The van der Waals surface area contributed by atoms with Crippen LogP contribution in [0.2, 0.25) is 5.02 Å². The van der Waals surface area contributed by atoms with Crippen LogP contribution in [0.1, 0.15) is 59.0 Å².